The number of aryl methyl sites for hydroxylation is 1. The van der Waals surface area contributed by atoms with Crippen LogP contribution in [-0.2, 0) is 6.54 Å². The number of carbonyl (C=O) groups excluding carboxylic acids is 1. The minimum absolute atomic E-state index is 0.0791. The number of rotatable bonds is 4. The van der Waals surface area contributed by atoms with Gasteiger partial charge in [0.05, 0.1) is 12.1 Å². The smallest absolute Gasteiger partial charge is 0.257 e. The average molecular weight is 262 g/mol. The Morgan fingerprint density at radius 1 is 1.53 bits per heavy atom. The Kier molecular flexibility index (Phi) is 3.69. The highest BCUT2D eigenvalue weighted by molar-refractivity contribution is 5.95. The van der Waals surface area contributed by atoms with Crippen molar-refractivity contribution in [3.8, 4) is 0 Å². The molecule has 0 fully saturated rings. The van der Waals surface area contributed by atoms with Gasteiger partial charge >= 0.3 is 0 Å². The Labute approximate surface area is 111 Å². The fourth-order valence-corrected chi connectivity index (χ4v) is 1.81. The first-order valence-corrected chi connectivity index (χ1v) is 6.19. The molecule has 19 heavy (non-hydrogen) atoms. The van der Waals surface area contributed by atoms with E-state index < -0.39 is 0 Å². The molecule has 0 atom stereocenters. The summed E-state index contributed by atoms with van der Waals surface area (Å²) in [6.45, 7) is 6.26. The molecule has 0 bridgehead atoms. The predicted octanol–water partition coefficient (Wildman–Crippen LogP) is 2.10. The van der Waals surface area contributed by atoms with E-state index in [1.54, 1.807) is 18.9 Å². The number of nitrogens with zero attached hydrogens (tertiary/aromatic N) is 3. The summed E-state index contributed by atoms with van der Waals surface area (Å²) in [5.74, 6) is 2.32. The lowest BCUT2D eigenvalue weighted by Gasteiger charge is -2.14. The van der Waals surface area contributed by atoms with Crippen molar-refractivity contribution in [1.29, 1.82) is 0 Å². The van der Waals surface area contributed by atoms with E-state index in [0.717, 1.165) is 5.76 Å². The molecule has 2 heterocycles. The summed E-state index contributed by atoms with van der Waals surface area (Å²) in [7, 11) is 1.73. The molecule has 2 aromatic rings. The fourth-order valence-electron chi connectivity index (χ4n) is 1.81. The van der Waals surface area contributed by atoms with E-state index in [-0.39, 0.29) is 11.8 Å². The first-order chi connectivity index (χ1) is 8.99. The molecule has 6 nitrogen and oxygen atoms in total. The summed E-state index contributed by atoms with van der Waals surface area (Å²) >= 11 is 0. The Morgan fingerprint density at radius 2 is 2.26 bits per heavy atom. The summed E-state index contributed by atoms with van der Waals surface area (Å²) in [5.41, 5.74) is 0.603. The van der Waals surface area contributed by atoms with Crippen molar-refractivity contribution in [3.63, 3.8) is 0 Å². The van der Waals surface area contributed by atoms with Crippen LogP contribution in [0.15, 0.2) is 16.8 Å². The lowest BCUT2D eigenvalue weighted by atomic mass is 10.1. The largest absolute Gasteiger partial charge is 0.465 e. The van der Waals surface area contributed by atoms with Gasteiger partial charge in [-0.15, -0.1) is 0 Å². The number of H-pyrrole nitrogens is 1. The number of carbonyl (C=O) groups is 1. The first kappa shape index (κ1) is 13.3. The van der Waals surface area contributed by atoms with Crippen molar-refractivity contribution < 1.29 is 9.21 Å². The van der Waals surface area contributed by atoms with Gasteiger partial charge in [-0.1, -0.05) is 13.8 Å². The highest BCUT2D eigenvalue weighted by Crippen LogP contribution is 2.22. The van der Waals surface area contributed by atoms with Crippen LogP contribution in [-0.4, -0.2) is 33.0 Å². The number of furan rings is 1. The van der Waals surface area contributed by atoms with Crippen LogP contribution in [0, 0.1) is 6.92 Å². The van der Waals surface area contributed by atoms with Crippen LogP contribution in [0.2, 0.25) is 0 Å². The predicted molar refractivity (Wildman–Crippen MR) is 69.7 cm³/mol. The average Bonchev–Trinajstić information content (AvgIpc) is 2.97. The molecule has 1 N–H and O–H groups in total. The fraction of sp³-hybridized carbons (Fsp3) is 0.462. The topological polar surface area (TPSA) is 75.0 Å². The molecule has 2 aromatic heterocycles. The highest BCUT2D eigenvalue weighted by atomic mass is 16.3. The summed E-state index contributed by atoms with van der Waals surface area (Å²) in [6, 6.07) is 1.82. The monoisotopic (exact) mass is 262 g/mol. The lowest BCUT2D eigenvalue weighted by molar-refractivity contribution is 0.0780. The number of aromatic amines is 1. The van der Waals surface area contributed by atoms with Crippen molar-refractivity contribution in [2.45, 2.75) is 33.2 Å². The summed E-state index contributed by atoms with van der Waals surface area (Å²) in [5, 5.41) is 6.49. The van der Waals surface area contributed by atoms with Gasteiger partial charge in [-0.05, 0) is 13.0 Å². The Balaban J connectivity index is 2.14. The molecule has 0 saturated carbocycles. The molecule has 1 amide bonds. The van der Waals surface area contributed by atoms with Gasteiger partial charge in [0.25, 0.3) is 5.91 Å². The maximum absolute atomic E-state index is 12.3. The molecule has 0 aromatic carbocycles. The number of aromatic nitrogens is 3. The summed E-state index contributed by atoms with van der Waals surface area (Å²) < 4.78 is 5.60. The second-order valence-corrected chi connectivity index (χ2v) is 4.87. The Hall–Kier alpha value is -2.11. The molecule has 0 spiro atoms. The Bertz CT molecular complexity index is 557. The zero-order valence-electron chi connectivity index (χ0n) is 11.6. The van der Waals surface area contributed by atoms with Crippen molar-refractivity contribution in [2.75, 3.05) is 7.05 Å². The van der Waals surface area contributed by atoms with Crippen LogP contribution in [0.1, 0.15) is 47.5 Å². The molecule has 0 aliphatic rings. The van der Waals surface area contributed by atoms with Crippen molar-refractivity contribution >= 4 is 5.91 Å². The number of hydrogen-bond acceptors (Lipinski definition) is 4. The van der Waals surface area contributed by atoms with E-state index in [1.807, 2.05) is 19.9 Å². The SMILES string of the molecule is Cc1oc(C(C)C)cc1C(=O)N(C)Cc1ncn[nH]1. The zero-order valence-corrected chi connectivity index (χ0v) is 11.6. The van der Waals surface area contributed by atoms with Gasteiger partial charge in [-0.3, -0.25) is 9.89 Å². The van der Waals surface area contributed by atoms with E-state index in [0.29, 0.717) is 23.7 Å². The van der Waals surface area contributed by atoms with Crippen molar-refractivity contribution in [3.05, 3.63) is 35.3 Å². The van der Waals surface area contributed by atoms with Gasteiger partial charge in [0.2, 0.25) is 0 Å². The maximum Gasteiger partial charge on any atom is 0.257 e. The van der Waals surface area contributed by atoms with Gasteiger partial charge < -0.3 is 9.32 Å². The molecule has 0 radical (unpaired) electrons. The number of amides is 1. The second-order valence-electron chi connectivity index (χ2n) is 4.87. The van der Waals surface area contributed by atoms with Crippen molar-refractivity contribution in [1.82, 2.24) is 20.1 Å². The van der Waals surface area contributed by atoms with E-state index >= 15 is 0 Å². The first-order valence-electron chi connectivity index (χ1n) is 6.19. The summed E-state index contributed by atoms with van der Waals surface area (Å²) in [6.07, 6.45) is 1.42. The van der Waals surface area contributed by atoms with Crippen LogP contribution in [0.4, 0.5) is 0 Å². The maximum atomic E-state index is 12.3. The van der Waals surface area contributed by atoms with Crippen LogP contribution in [0.25, 0.3) is 0 Å². The van der Waals surface area contributed by atoms with Crippen molar-refractivity contribution in [2.24, 2.45) is 0 Å². The number of nitrogens with one attached hydrogen (secondary N) is 1. The normalized spacial score (nSPS) is 11.0. The van der Waals surface area contributed by atoms with E-state index in [9.17, 15) is 4.79 Å². The van der Waals surface area contributed by atoms with Crippen LogP contribution < -0.4 is 0 Å². The Morgan fingerprint density at radius 3 is 2.79 bits per heavy atom. The van der Waals surface area contributed by atoms with Gasteiger partial charge in [-0.2, -0.15) is 5.10 Å². The van der Waals surface area contributed by atoms with E-state index in [1.165, 1.54) is 6.33 Å². The third kappa shape index (κ3) is 2.83. The summed E-state index contributed by atoms with van der Waals surface area (Å²) in [4.78, 5) is 17.9. The van der Waals surface area contributed by atoms with Crippen LogP contribution in [0.3, 0.4) is 0 Å². The standard InChI is InChI=1S/C13H18N4O2/c1-8(2)11-5-10(9(3)19-11)13(18)17(4)6-12-14-7-15-16-12/h5,7-8H,6H2,1-4H3,(H,14,15,16). The molecule has 2 rings (SSSR count). The molecular formula is C13H18N4O2. The molecule has 0 aliphatic carbocycles. The minimum Gasteiger partial charge on any atom is -0.465 e. The molecule has 0 unspecified atom stereocenters. The van der Waals surface area contributed by atoms with Gasteiger partial charge in [0, 0.05) is 13.0 Å². The highest BCUT2D eigenvalue weighted by Gasteiger charge is 2.20. The molecule has 102 valence electrons. The van der Waals surface area contributed by atoms with Crippen LogP contribution >= 0.6 is 0 Å². The third-order valence-corrected chi connectivity index (χ3v) is 2.93. The minimum atomic E-state index is -0.0791. The van der Waals surface area contributed by atoms with Crippen LogP contribution in [0.5, 0.6) is 0 Å². The second kappa shape index (κ2) is 5.26. The zero-order chi connectivity index (χ0) is 14.0. The third-order valence-electron chi connectivity index (χ3n) is 2.93. The van der Waals surface area contributed by atoms with E-state index in [2.05, 4.69) is 15.2 Å². The molecular weight excluding hydrogens is 244 g/mol. The van der Waals surface area contributed by atoms with Gasteiger partial charge in [-0.25, -0.2) is 4.98 Å². The van der Waals surface area contributed by atoms with E-state index in [4.69, 9.17) is 4.42 Å². The lowest BCUT2D eigenvalue weighted by Crippen LogP contribution is -2.26. The molecule has 6 heteroatoms. The van der Waals surface area contributed by atoms with Gasteiger partial charge in [0.1, 0.15) is 23.7 Å². The van der Waals surface area contributed by atoms with Gasteiger partial charge in [0.15, 0.2) is 0 Å². The molecule has 0 saturated heterocycles. The molecule has 0 aliphatic heterocycles. The quantitative estimate of drug-likeness (QED) is 0.915. The number of hydrogen-bond donors (Lipinski definition) is 1.